The monoisotopic (exact) mass is 501 g/mol. The van der Waals surface area contributed by atoms with Gasteiger partial charge < -0.3 is 42.6 Å². The molecule has 0 fully saturated rings. The van der Waals surface area contributed by atoms with Gasteiger partial charge in [-0.1, -0.05) is 11.8 Å². The molecule has 0 aliphatic rings. The van der Waals surface area contributed by atoms with Crippen LogP contribution in [0.2, 0.25) is 0 Å². The number of carbonyl (C=O) groups is 5. The number of nitrogens with two attached hydrogens (primary N) is 2. The first-order chi connectivity index (χ1) is 16.1. The van der Waals surface area contributed by atoms with E-state index in [4.69, 9.17) is 21.7 Å². The molecule has 2 unspecified atom stereocenters. The van der Waals surface area contributed by atoms with Crippen LogP contribution in [0.3, 0.4) is 0 Å². The number of aromatic nitrogens is 2. The molecule has 1 aromatic heterocycles. The lowest BCUT2D eigenvalue weighted by Crippen LogP contribution is -2.50. The van der Waals surface area contributed by atoms with E-state index in [1.807, 2.05) is 0 Å². The number of carbonyl (C=O) groups excluding carboxylic acids is 3. The number of hydrogen-bond acceptors (Lipinski definition) is 10. The van der Waals surface area contributed by atoms with Crippen molar-refractivity contribution in [2.75, 3.05) is 25.4 Å². The third-order valence-corrected chi connectivity index (χ3v) is 5.56. The number of imidazole rings is 1. The Morgan fingerprint density at radius 3 is 2.50 bits per heavy atom. The number of amides is 2. The number of nitrogens with zero attached hydrogens (tertiary/aromatic N) is 1. The van der Waals surface area contributed by atoms with E-state index in [2.05, 4.69) is 25.9 Å². The summed E-state index contributed by atoms with van der Waals surface area (Å²) in [5.41, 5.74) is 11.6. The van der Waals surface area contributed by atoms with E-state index in [1.165, 1.54) is 6.33 Å². The molecule has 1 heterocycles. The van der Waals surface area contributed by atoms with Gasteiger partial charge in [-0.05, 0) is 25.9 Å². The second-order valence-electron chi connectivity index (χ2n) is 7.27. The first-order valence-electron chi connectivity index (χ1n) is 10.5. The summed E-state index contributed by atoms with van der Waals surface area (Å²) in [6.07, 6.45) is 3.60. The Bertz CT molecular complexity index is 822. The average Bonchev–Trinajstić information content (AvgIpc) is 3.30. The number of aliphatic carboxylic acids is 2. The van der Waals surface area contributed by atoms with Crippen molar-refractivity contribution < 1.29 is 34.2 Å². The van der Waals surface area contributed by atoms with E-state index in [0.717, 1.165) is 17.5 Å². The van der Waals surface area contributed by atoms with Crippen LogP contribution in [0.5, 0.6) is 0 Å². The van der Waals surface area contributed by atoms with Crippen LogP contribution in [0.25, 0.3) is 0 Å². The predicted molar refractivity (Wildman–Crippen MR) is 123 cm³/mol. The Balaban J connectivity index is 2.78. The molecule has 0 aromatic carbocycles. The second-order valence-corrected chi connectivity index (χ2v) is 8.30. The summed E-state index contributed by atoms with van der Waals surface area (Å²) in [7, 11) is 0. The van der Waals surface area contributed by atoms with Crippen molar-refractivity contribution in [3.8, 4) is 0 Å². The summed E-state index contributed by atoms with van der Waals surface area (Å²) in [6, 6.07) is -3.09. The predicted octanol–water partition coefficient (Wildman–Crippen LogP) is -2.60. The maximum Gasteiger partial charge on any atom is 0.322 e. The lowest BCUT2D eigenvalue weighted by molar-refractivity contribution is -0.139. The molecule has 2 amide bonds. The zero-order chi connectivity index (χ0) is 25.5. The van der Waals surface area contributed by atoms with Crippen LogP contribution in [0.4, 0.5) is 0 Å². The fourth-order valence-corrected chi connectivity index (χ4v) is 3.58. The van der Waals surface area contributed by atoms with Gasteiger partial charge in [0.1, 0.15) is 18.6 Å². The number of rotatable bonds is 17. The zero-order valence-electron chi connectivity index (χ0n) is 18.5. The Morgan fingerprint density at radius 1 is 1.18 bits per heavy atom. The van der Waals surface area contributed by atoms with Gasteiger partial charge in [0.15, 0.2) is 0 Å². The molecule has 190 valence electrons. The normalized spacial score (nSPS) is 13.5. The Labute approximate surface area is 200 Å². The van der Waals surface area contributed by atoms with Gasteiger partial charge in [0.05, 0.1) is 12.4 Å². The van der Waals surface area contributed by atoms with Gasteiger partial charge in [0.2, 0.25) is 16.9 Å². The first-order valence-corrected chi connectivity index (χ1v) is 11.5. The second kappa shape index (κ2) is 15.8. The molecule has 0 saturated carbocycles. The highest BCUT2D eigenvalue weighted by atomic mass is 32.2. The standard InChI is InChI=1S/C19H31N7O7S/c20-4-1-5-23-13(6-11-7-22-10-25-11)19(33)34-9-14(17(30)24-8-16(28)29)26-15(27)3-2-12(21)18(31)32/h7,10,12-14,23H,1-6,8-9,20-21H2,(H,22,25)(H,24,30)(H,26,27)(H,28,29)(H,31,32)/t12?,13-,14?/m0/s1. The van der Waals surface area contributed by atoms with Crippen molar-refractivity contribution in [3.63, 3.8) is 0 Å². The Hall–Kier alpha value is -3.01. The molecule has 14 nitrogen and oxygen atoms in total. The van der Waals surface area contributed by atoms with Crippen LogP contribution in [0.1, 0.15) is 25.0 Å². The van der Waals surface area contributed by atoms with Gasteiger partial charge >= 0.3 is 11.9 Å². The van der Waals surface area contributed by atoms with E-state index in [-0.39, 0.29) is 23.7 Å². The van der Waals surface area contributed by atoms with Crippen molar-refractivity contribution in [1.29, 1.82) is 0 Å². The topological polar surface area (TPSA) is 243 Å². The van der Waals surface area contributed by atoms with E-state index in [9.17, 15) is 24.0 Å². The van der Waals surface area contributed by atoms with Gasteiger partial charge in [0, 0.05) is 30.5 Å². The smallest absolute Gasteiger partial charge is 0.322 e. The van der Waals surface area contributed by atoms with E-state index in [0.29, 0.717) is 25.9 Å². The summed E-state index contributed by atoms with van der Waals surface area (Å²) < 4.78 is 0. The largest absolute Gasteiger partial charge is 0.480 e. The molecular formula is C19H31N7O7S. The van der Waals surface area contributed by atoms with Crippen molar-refractivity contribution in [1.82, 2.24) is 25.9 Å². The van der Waals surface area contributed by atoms with Crippen LogP contribution >= 0.6 is 11.8 Å². The van der Waals surface area contributed by atoms with Crippen molar-refractivity contribution >= 4 is 40.6 Å². The third kappa shape index (κ3) is 11.7. The fourth-order valence-electron chi connectivity index (χ4n) is 2.64. The summed E-state index contributed by atoms with van der Waals surface area (Å²) in [5.74, 6) is -4.16. The molecule has 0 bridgehead atoms. The zero-order valence-corrected chi connectivity index (χ0v) is 19.3. The number of thioether (sulfide) groups is 1. The number of H-pyrrole nitrogens is 1. The molecule has 0 spiro atoms. The molecule has 0 aliphatic carbocycles. The SMILES string of the molecule is NCCCN[C@@H](Cc1cnc[nH]1)C(=O)SCC(NC(=O)CCC(N)C(=O)O)C(=O)NCC(=O)O. The van der Waals surface area contributed by atoms with Crippen LogP contribution in [-0.2, 0) is 30.4 Å². The van der Waals surface area contributed by atoms with Gasteiger partial charge in [-0.3, -0.25) is 24.0 Å². The fraction of sp³-hybridized carbons (Fsp3) is 0.579. The molecule has 34 heavy (non-hydrogen) atoms. The van der Waals surface area contributed by atoms with Gasteiger partial charge in [0.25, 0.3) is 0 Å². The van der Waals surface area contributed by atoms with E-state index in [1.54, 1.807) is 6.20 Å². The number of carboxylic acids is 2. The van der Waals surface area contributed by atoms with Crippen molar-refractivity contribution in [3.05, 3.63) is 18.2 Å². The van der Waals surface area contributed by atoms with E-state index < -0.39 is 48.4 Å². The minimum absolute atomic E-state index is 0.159. The summed E-state index contributed by atoms with van der Waals surface area (Å²) >= 11 is 0.798. The number of nitrogens with one attached hydrogen (secondary N) is 4. The lowest BCUT2D eigenvalue weighted by atomic mass is 10.1. The quantitative estimate of drug-likeness (QED) is 0.102. The van der Waals surface area contributed by atoms with Crippen LogP contribution in [-0.4, -0.2) is 92.6 Å². The maximum atomic E-state index is 12.8. The van der Waals surface area contributed by atoms with Crippen LogP contribution in [0.15, 0.2) is 12.5 Å². The van der Waals surface area contributed by atoms with Crippen molar-refractivity contribution in [2.24, 2.45) is 11.5 Å². The first kappa shape index (κ1) is 29.0. The highest BCUT2D eigenvalue weighted by molar-refractivity contribution is 8.13. The summed E-state index contributed by atoms with van der Waals surface area (Å²) in [5, 5.41) is 25.0. The summed E-state index contributed by atoms with van der Waals surface area (Å²) in [6.45, 7) is 0.260. The minimum atomic E-state index is -1.28. The van der Waals surface area contributed by atoms with Crippen molar-refractivity contribution in [2.45, 2.75) is 43.8 Å². The summed E-state index contributed by atoms with van der Waals surface area (Å²) in [4.78, 5) is 65.9. The van der Waals surface area contributed by atoms with Crippen LogP contribution in [0, 0.1) is 0 Å². The molecule has 10 N–H and O–H groups in total. The number of carboxylic acid groups (broad SMARTS) is 2. The van der Waals surface area contributed by atoms with Gasteiger partial charge in [-0.25, -0.2) is 4.98 Å². The molecule has 0 radical (unpaired) electrons. The molecule has 3 atom stereocenters. The van der Waals surface area contributed by atoms with E-state index >= 15 is 0 Å². The lowest BCUT2D eigenvalue weighted by Gasteiger charge is -2.20. The minimum Gasteiger partial charge on any atom is -0.480 e. The molecule has 0 aliphatic heterocycles. The maximum absolute atomic E-state index is 12.8. The Morgan fingerprint density at radius 2 is 1.91 bits per heavy atom. The third-order valence-electron chi connectivity index (χ3n) is 4.49. The number of hydrogen-bond donors (Lipinski definition) is 8. The highest BCUT2D eigenvalue weighted by Crippen LogP contribution is 2.12. The molecule has 15 heteroatoms. The van der Waals surface area contributed by atoms with Crippen LogP contribution < -0.4 is 27.4 Å². The molecule has 0 saturated heterocycles. The number of aromatic amines is 1. The van der Waals surface area contributed by atoms with Gasteiger partial charge in [-0.2, -0.15) is 0 Å². The molecular weight excluding hydrogens is 470 g/mol. The highest BCUT2D eigenvalue weighted by Gasteiger charge is 2.26. The Kier molecular flexibility index (Phi) is 13.5. The average molecular weight is 502 g/mol. The molecule has 1 aromatic rings. The van der Waals surface area contributed by atoms with Gasteiger partial charge in [-0.15, -0.1) is 0 Å². The molecule has 1 rings (SSSR count).